The van der Waals surface area contributed by atoms with E-state index in [1.165, 1.54) is 18.7 Å². The number of amides is 2. The number of hydrogen-bond donors (Lipinski definition) is 3. The Morgan fingerprint density at radius 1 is 1.35 bits per heavy atom. The van der Waals surface area contributed by atoms with Gasteiger partial charge in [-0.3, -0.25) is 14.4 Å². The van der Waals surface area contributed by atoms with Crippen molar-refractivity contribution in [2.24, 2.45) is 17.4 Å². The van der Waals surface area contributed by atoms with Crippen molar-refractivity contribution in [3.8, 4) is 0 Å². The predicted molar refractivity (Wildman–Crippen MR) is 67.3 cm³/mol. The van der Waals surface area contributed by atoms with Crippen molar-refractivity contribution in [1.29, 1.82) is 0 Å². The Balaban J connectivity index is 3.87. The molecule has 0 aliphatic carbocycles. The normalized spacial score (nSPS) is 13.8. The van der Waals surface area contributed by atoms with E-state index < -0.39 is 6.04 Å². The molecule has 2 atom stereocenters. The number of thioether (sulfide) groups is 1. The van der Waals surface area contributed by atoms with Crippen molar-refractivity contribution in [2.75, 3.05) is 18.1 Å². The molecule has 0 aliphatic heterocycles. The molecule has 0 fully saturated rings. The second-order valence-electron chi connectivity index (χ2n) is 3.78. The van der Waals surface area contributed by atoms with Gasteiger partial charge in [0.2, 0.25) is 11.8 Å². The smallest absolute Gasteiger partial charge is 0.230 e. The molecule has 0 radical (unpaired) electrons. The van der Waals surface area contributed by atoms with Gasteiger partial charge in [0.05, 0.1) is 11.8 Å². The van der Waals surface area contributed by atoms with Crippen LogP contribution in [0.15, 0.2) is 0 Å². The van der Waals surface area contributed by atoms with E-state index in [-0.39, 0.29) is 35.8 Å². The van der Waals surface area contributed by atoms with Crippen molar-refractivity contribution in [2.45, 2.75) is 19.9 Å². The molecule has 0 unspecified atom stereocenters. The Hall–Kier alpha value is -1.08. The van der Waals surface area contributed by atoms with Gasteiger partial charge in [0.25, 0.3) is 0 Å². The molecule has 0 saturated heterocycles. The summed E-state index contributed by atoms with van der Waals surface area (Å²) in [5.74, 6) is -0.432. The van der Waals surface area contributed by atoms with Gasteiger partial charge in [-0.25, -0.2) is 0 Å². The summed E-state index contributed by atoms with van der Waals surface area (Å²) in [7, 11) is 0. The minimum Gasteiger partial charge on any atom is -0.369 e. The number of primary amides is 1. The maximum Gasteiger partial charge on any atom is 0.230 e. The summed E-state index contributed by atoms with van der Waals surface area (Å²) < 4.78 is 0. The van der Waals surface area contributed by atoms with Crippen LogP contribution in [0.2, 0.25) is 0 Å². The zero-order valence-electron chi connectivity index (χ0n) is 10.1. The average Bonchev–Trinajstić information content (AvgIpc) is 2.25. The fraction of sp³-hybridized carbons (Fsp3) is 0.700. The molecule has 0 bridgehead atoms. The van der Waals surface area contributed by atoms with Crippen LogP contribution in [0.5, 0.6) is 0 Å². The third-order valence-corrected chi connectivity index (χ3v) is 3.35. The van der Waals surface area contributed by atoms with Crippen molar-refractivity contribution in [3.63, 3.8) is 0 Å². The lowest BCUT2D eigenvalue weighted by molar-refractivity contribution is -0.125. The van der Waals surface area contributed by atoms with Gasteiger partial charge < -0.3 is 16.8 Å². The number of hydrogen-bond acceptors (Lipinski definition) is 5. The first-order chi connectivity index (χ1) is 7.88. The van der Waals surface area contributed by atoms with Crippen LogP contribution in [0.3, 0.4) is 0 Å². The molecule has 0 aromatic rings. The van der Waals surface area contributed by atoms with E-state index >= 15 is 0 Å². The van der Waals surface area contributed by atoms with Crippen LogP contribution in [-0.2, 0) is 14.4 Å². The third kappa shape index (κ3) is 6.96. The number of nitrogens with one attached hydrogen (secondary N) is 1. The van der Waals surface area contributed by atoms with Crippen molar-refractivity contribution in [1.82, 2.24) is 5.32 Å². The number of carbonyl (C=O) groups excluding carboxylic acids is 3. The van der Waals surface area contributed by atoms with Crippen LogP contribution in [0, 0.1) is 5.92 Å². The first-order valence-corrected chi connectivity index (χ1v) is 6.40. The minimum atomic E-state index is -0.628. The highest BCUT2D eigenvalue weighted by atomic mass is 32.2. The van der Waals surface area contributed by atoms with E-state index in [4.69, 9.17) is 11.5 Å². The molecule has 2 amide bonds. The van der Waals surface area contributed by atoms with Gasteiger partial charge in [0.1, 0.15) is 0 Å². The number of rotatable bonds is 8. The fourth-order valence-corrected chi connectivity index (χ4v) is 1.88. The molecule has 0 aliphatic rings. The van der Waals surface area contributed by atoms with E-state index in [0.717, 1.165) is 0 Å². The minimum absolute atomic E-state index is 0.0867. The summed E-state index contributed by atoms with van der Waals surface area (Å²) >= 11 is 1.30. The van der Waals surface area contributed by atoms with Crippen LogP contribution in [0.25, 0.3) is 0 Å². The SMILES string of the molecule is CC(=O)[C@H](CN)NC(=O)CSC[C@H](C)C(N)=O. The van der Waals surface area contributed by atoms with E-state index in [2.05, 4.69) is 5.32 Å². The molecule has 0 saturated carbocycles. The second kappa shape index (κ2) is 8.08. The molecule has 17 heavy (non-hydrogen) atoms. The molecule has 98 valence electrons. The Morgan fingerprint density at radius 3 is 2.35 bits per heavy atom. The quantitative estimate of drug-likeness (QED) is 0.511. The average molecular weight is 261 g/mol. The molecule has 0 heterocycles. The van der Waals surface area contributed by atoms with Gasteiger partial charge in [-0.15, -0.1) is 0 Å². The number of nitrogens with two attached hydrogens (primary N) is 2. The van der Waals surface area contributed by atoms with Gasteiger partial charge in [0, 0.05) is 18.2 Å². The lowest BCUT2D eigenvalue weighted by Gasteiger charge is -2.13. The first kappa shape index (κ1) is 15.9. The summed E-state index contributed by atoms with van der Waals surface area (Å²) in [6, 6.07) is -0.628. The summed E-state index contributed by atoms with van der Waals surface area (Å²) in [4.78, 5) is 33.2. The summed E-state index contributed by atoms with van der Waals surface area (Å²) in [6.07, 6.45) is 0. The monoisotopic (exact) mass is 261 g/mol. The molecular formula is C10H19N3O3S. The topological polar surface area (TPSA) is 115 Å². The Bertz CT molecular complexity index is 297. The van der Waals surface area contributed by atoms with Gasteiger partial charge in [0.15, 0.2) is 5.78 Å². The largest absolute Gasteiger partial charge is 0.369 e. The van der Waals surface area contributed by atoms with Gasteiger partial charge in [-0.05, 0) is 6.92 Å². The molecule has 0 rings (SSSR count). The first-order valence-electron chi connectivity index (χ1n) is 5.25. The van der Waals surface area contributed by atoms with Crippen LogP contribution in [0.4, 0.5) is 0 Å². The van der Waals surface area contributed by atoms with Crippen LogP contribution in [0.1, 0.15) is 13.8 Å². The highest BCUT2D eigenvalue weighted by Gasteiger charge is 2.15. The maximum absolute atomic E-state index is 11.4. The van der Waals surface area contributed by atoms with Crippen LogP contribution in [-0.4, -0.2) is 41.7 Å². The molecular weight excluding hydrogens is 242 g/mol. The Labute approximate surface area is 105 Å². The zero-order chi connectivity index (χ0) is 13.4. The second-order valence-corrected chi connectivity index (χ2v) is 4.82. The van der Waals surface area contributed by atoms with Crippen molar-refractivity contribution in [3.05, 3.63) is 0 Å². The van der Waals surface area contributed by atoms with E-state index in [1.807, 2.05) is 0 Å². The molecule has 6 nitrogen and oxygen atoms in total. The fourth-order valence-electron chi connectivity index (χ4n) is 0.973. The number of carbonyl (C=O) groups is 3. The molecule has 0 aromatic carbocycles. The van der Waals surface area contributed by atoms with Gasteiger partial charge in [-0.1, -0.05) is 6.92 Å². The molecule has 0 spiro atoms. The highest BCUT2D eigenvalue weighted by molar-refractivity contribution is 7.99. The third-order valence-electron chi connectivity index (χ3n) is 2.15. The number of Topliss-reactive ketones (excluding diaryl/α,β-unsaturated/α-hetero) is 1. The van der Waals surface area contributed by atoms with E-state index in [0.29, 0.717) is 5.75 Å². The van der Waals surface area contributed by atoms with Gasteiger partial charge in [-0.2, -0.15) is 11.8 Å². The zero-order valence-corrected chi connectivity index (χ0v) is 10.9. The number of ketones is 1. The predicted octanol–water partition coefficient (Wildman–Crippen LogP) is -1.13. The van der Waals surface area contributed by atoms with Crippen molar-refractivity contribution >= 4 is 29.4 Å². The lowest BCUT2D eigenvalue weighted by atomic mass is 10.2. The summed E-state index contributed by atoms with van der Waals surface area (Å²) in [6.45, 7) is 3.16. The highest BCUT2D eigenvalue weighted by Crippen LogP contribution is 2.07. The van der Waals surface area contributed by atoms with Crippen LogP contribution < -0.4 is 16.8 Å². The Kier molecular flexibility index (Phi) is 7.56. The summed E-state index contributed by atoms with van der Waals surface area (Å²) in [5.41, 5.74) is 10.4. The maximum atomic E-state index is 11.4. The van der Waals surface area contributed by atoms with Crippen LogP contribution >= 0.6 is 11.8 Å². The molecule has 0 aromatic heterocycles. The standard InChI is InChI=1S/C10H19N3O3S/c1-6(10(12)16)4-17-5-9(15)13-8(3-11)7(2)14/h6,8H,3-5,11H2,1-2H3,(H2,12,16)(H,13,15)/t6-,8-/m0/s1. The Morgan fingerprint density at radius 2 is 1.94 bits per heavy atom. The molecule has 7 heteroatoms. The summed E-state index contributed by atoms with van der Waals surface area (Å²) in [5, 5.41) is 2.52. The van der Waals surface area contributed by atoms with Crippen molar-refractivity contribution < 1.29 is 14.4 Å². The lowest BCUT2D eigenvalue weighted by Crippen LogP contribution is -2.45. The van der Waals surface area contributed by atoms with Gasteiger partial charge >= 0.3 is 0 Å². The van der Waals surface area contributed by atoms with E-state index in [9.17, 15) is 14.4 Å². The van der Waals surface area contributed by atoms with E-state index in [1.54, 1.807) is 6.92 Å². The molecule has 5 N–H and O–H groups in total.